The molecule has 0 aromatic heterocycles. The largest absolute Gasteiger partial charge is 0.382 e. The van der Waals surface area contributed by atoms with Crippen LogP contribution < -0.4 is 5.32 Å². The lowest BCUT2D eigenvalue weighted by Crippen LogP contribution is -2.46. The predicted octanol–water partition coefficient (Wildman–Crippen LogP) is 0.760. The van der Waals surface area contributed by atoms with Crippen molar-refractivity contribution in [3.8, 4) is 0 Å². The Bertz CT molecular complexity index is 636. The Kier molecular flexibility index (Phi) is 7.83. The highest BCUT2D eigenvalue weighted by molar-refractivity contribution is 7.89. The molecule has 25 heavy (non-hydrogen) atoms. The van der Waals surface area contributed by atoms with Crippen molar-refractivity contribution in [3.05, 3.63) is 35.9 Å². The average molecular weight is 370 g/mol. The van der Waals surface area contributed by atoms with Gasteiger partial charge >= 0.3 is 0 Å². The van der Waals surface area contributed by atoms with Crippen molar-refractivity contribution in [3.63, 3.8) is 0 Å². The topological polar surface area (TPSA) is 84.9 Å². The zero-order valence-electron chi connectivity index (χ0n) is 14.5. The SMILES string of the molecule is COCCOCCS(=O)(=O)N1CCCC1C(=O)NCc1ccccc1. The van der Waals surface area contributed by atoms with E-state index in [2.05, 4.69) is 5.32 Å². The van der Waals surface area contributed by atoms with Gasteiger partial charge in [-0.15, -0.1) is 0 Å². The minimum Gasteiger partial charge on any atom is -0.382 e. The molecule has 8 heteroatoms. The van der Waals surface area contributed by atoms with Gasteiger partial charge in [0.15, 0.2) is 0 Å². The highest BCUT2D eigenvalue weighted by Crippen LogP contribution is 2.21. The van der Waals surface area contributed by atoms with Crippen LogP contribution in [0, 0.1) is 0 Å². The number of carbonyl (C=O) groups is 1. The van der Waals surface area contributed by atoms with Gasteiger partial charge in [0.2, 0.25) is 15.9 Å². The van der Waals surface area contributed by atoms with Crippen molar-refractivity contribution in [1.29, 1.82) is 0 Å². The van der Waals surface area contributed by atoms with E-state index in [1.54, 1.807) is 7.11 Å². The van der Waals surface area contributed by atoms with Gasteiger partial charge < -0.3 is 14.8 Å². The Morgan fingerprint density at radius 3 is 2.72 bits per heavy atom. The molecule has 1 aliphatic rings. The molecule has 0 bridgehead atoms. The van der Waals surface area contributed by atoms with Gasteiger partial charge in [0, 0.05) is 20.2 Å². The molecule has 1 amide bonds. The van der Waals surface area contributed by atoms with E-state index in [9.17, 15) is 13.2 Å². The summed E-state index contributed by atoms with van der Waals surface area (Å²) in [6.45, 7) is 1.65. The van der Waals surface area contributed by atoms with Crippen LogP contribution in [0.4, 0.5) is 0 Å². The number of nitrogens with zero attached hydrogens (tertiary/aromatic N) is 1. The monoisotopic (exact) mass is 370 g/mol. The van der Waals surface area contributed by atoms with Crippen molar-refractivity contribution in [2.75, 3.05) is 39.2 Å². The van der Waals surface area contributed by atoms with Crippen molar-refractivity contribution < 1.29 is 22.7 Å². The van der Waals surface area contributed by atoms with E-state index in [0.29, 0.717) is 39.1 Å². The summed E-state index contributed by atoms with van der Waals surface area (Å²) in [7, 11) is -1.96. The van der Waals surface area contributed by atoms with Crippen LogP contribution in [0.15, 0.2) is 30.3 Å². The number of rotatable bonds is 10. The molecule has 1 aromatic rings. The molecule has 0 aliphatic carbocycles. The molecule has 1 heterocycles. The molecule has 1 fully saturated rings. The quantitative estimate of drug-likeness (QED) is 0.615. The Labute approximate surface area is 149 Å². The van der Waals surface area contributed by atoms with E-state index in [-0.39, 0.29) is 18.3 Å². The first-order chi connectivity index (χ1) is 12.0. The summed E-state index contributed by atoms with van der Waals surface area (Å²) >= 11 is 0. The minimum absolute atomic E-state index is 0.0978. The first-order valence-electron chi connectivity index (χ1n) is 8.42. The number of carbonyl (C=O) groups excluding carboxylic acids is 1. The van der Waals surface area contributed by atoms with Gasteiger partial charge in [0.05, 0.1) is 25.6 Å². The van der Waals surface area contributed by atoms with Crippen LogP contribution in [-0.2, 0) is 30.8 Å². The second kappa shape index (κ2) is 9.86. The van der Waals surface area contributed by atoms with Crippen LogP contribution in [0.5, 0.6) is 0 Å². The van der Waals surface area contributed by atoms with Crippen molar-refractivity contribution >= 4 is 15.9 Å². The maximum atomic E-state index is 12.5. The molecular weight excluding hydrogens is 344 g/mol. The van der Waals surface area contributed by atoms with Crippen LogP contribution in [0.1, 0.15) is 18.4 Å². The highest BCUT2D eigenvalue weighted by Gasteiger charge is 2.38. The summed E-state index contributed by atoms with van der Waals surface area (Å²) in [5.74, 6) is -0.371. The van der Waals surface area contributed by atoms with Crippen molar-refractivity contribution in [2.24, 2.45) is 0 Å². The fourth-order valence-electron chi connectivity index (χ4n) is 2.76. The van der Waals surface area contributed by atoms with Gasteiger partial charge in [-0.25, -0.2) is 8.42 Å². The van der Waals surface area contributed by atoms with Crippen LogP contribution >= 0.6 is 0 Å². The summed E-state index contributed by atoms with van der Waals surface area (Å²) in [4.78, 5) is 12.4. The van der Waals surface area contributed by atoms with Gasteiger partial charge in [-0.05, 0) is 18.4 Å². The number of amides is 1. The van der Waals surface area contributed by atoms with Gasteiger partial charge in [0.1, 0.15) is 6.04 Å². The molecule has 2 rings (SSSR count). The summed E-state index contributed by atoms with van der Waals surface area (Å²) in [5.41, 5.74) is 0.981. The number of sulfonamides is 1. The van der Waals surface area contributed by atoms with Gasteiger partial charge in [-0.1, -0.05) is 30.3 Å². The van der Waals surface area contributed by atoms with E-state index in [4.69, 9.17) is 9.47 Å². The summed E-state index contributed by atoms with van der Waals surface area (Å²) in [6, 6.07) is 8.91. The fourth-order valence-corrected chi connectivity index (χ4v) is 4.32. The molecular formula is C17H26N2O5S. The minimum atomic E-state index is -3.52. The van der Waals surface area contributed by atoms with Crippen LogP contribution in [-0.4, -0.2) is 63.9 Å². The molecule has 0 spiro atoms. The van der Waals surface area contributed by atoms with Crippen LogP contribution in [0.25, 0.3) is 0 Å². The summed E-state index contributed by atoms with van der Waals surface area (Å²) < 4.78 is 36.4. The first-order valence-corrected chi connectivity index (χ1v) is 10.0. The number of methoxy groups -OCH3 is 1. The maximum Gasteiger partial charge on any atom is 0.238 e. The zero-order chi connectivity index (χ0) is 18.1. The Morgan fingerprint density at radius 1 is 1.24 bits per heavy atom. The van der Waals surface area contributed by atoms with E-state index < -0.39 is 16.1 Å². The third-order valence-corrected chi connectivity index (χ3v) is 5.92. The lowest BCUT2D eigenvalue weighted by Gasteiger charge is -2.23. The second-order valence-corrected chi connectivity index (χ2v) is 7.93. The Morgan fingerprint density at radius 2 is 2.00 bits per heavy atom. The molecule has 1 saturated heterocycles. The molecule has 0 saturated carbocycles. The maximum absolute atomic E-state index is 12.5. The van der Waals surface area contributed by atoms with Gasteiger partial charge in [-0.2, -0.15) is 4.31 Å². The molecule has 1 aromatic carbocycles. The van der Waals surface area contributed by atoms with E-state index >= 15 is 0 Å². The molecule has 0 radical (unpaired) electrons. The van der Waals surface area contributed by atoms with E-state index in [0.717, 1.165) is 5.56 Å². The van der Waals surface area contributed by atoms with Crippen molar-refractivity contribution in [2.45, 2.75) is 25.4 Å². The van der Waals surface area contributed by atoms with E-state index in [1.165, 1.54) is 4.31 Å². The lowest BCUT2D eigenvalue weighted by molar-refractivity contribution is -0.124. The molecule has 1 N–H and O–H groups in total. The second-order valence-electron chi connectivity index (χ2n) is 5.89. The lowest BCUT2D eigenvalue weighted by atomic mass is 10.2. The molecule has 1 unspecified atom stereocenters. The number of hydrogen-bond donors (Lipinski definition) is 1. The predicted molar refractivity (Wildman–Crippen MR) is 94.5 cm³/mol. The van der Waals surface area contributed by atoms with Crippen LogP contribution in [0.3, 0.4) is 0 Å². The number of ether oxygens (including phenoxy) is 2. The van der Waals surface area contributed by atoms with Gasteiger partial charge in [-0.3, -0.25) is 4.79 Å². The summed E-state index contributed by atoms with van der Waals surface area (Å²) in [5, 5.41) is 2.83. The highest BCUT2D eigenvalue weighted by atomic mass is 32.2. The van der Waals surface area contributed by atoms with Crippen LogP contribution in [0.2, 0.25) is 0 Å². The Hall–Kier alpha value is -1.48. The van der Waals surface area contributed by atoms with Crippen molar-refractivity contribution in [1.82, 2.24) is 9.62 Å². The molecule has 1 aliphatic heterocycles. The Balaban J connectivity index is 1.86. The van der Waals surface area contributed by atoms with E-state index in [1.807, 2.05) is 30.3 Å². The normalized spacial score (nSPS) is 18.4. The molecule has 1 atom stereocenters. The average Bonchev–Trinajstić information content (AvgIpc) is 3.11. The third-order valence-electron chi connectivity index (χ3n) is 4.09. The number of hydrogen-bond acceptors (Lipinski definition) is 5. The molecule has 140 valence electrons. The van der Waals surface area contributed by atoms with Gasteiger partial charge in [0.25, 0.3) is 0 Å². The summed E-state index contributed by atoms with van der Waals surface area (Å²) in [6.07, 6.45) is 1.23. The number of nitrogens with one attached hydrogen (secondary N) is 1. The molecule has 7 nitrogen and oxygen atoms in total. The smallest absolute Gasteiger partial charge is 0.238 e. The number of benzene rings is 1. The standard InChI is InChI=1S/C17H26N2O5S/c1-23-10-11-24-12-13-25(21,22)19-9-5-8-16(19)17(20)18-14-15-6-3-2-4-7-15/h2-4,6-7,16H,5,8-14H2,1H3,(H,18,20). The third kappa shape index (κ3) is 6.07. The zero-order valence-corrected chi connectivity index (χ0v) is 15.3. The fraction of sp³-hybridized carbons (Fsp3) is 0.588. The first kappa shape index (κ1) is 19.8.